The van der Waals surface area contributed by atoms with Gasteiger partial charge in [-0.05, 0) is 65.6 Å². The van der Waals surface area contributed by atoms with Gasteiger partial charge in [0.05, 0.1) is 21.3 Å². The average molecular weight is 466 g/mol. The molecule has 0 aromatic heterocycles. The summed E-state index contributed by atoms with van der Waals surface area (Å²) in [6.45, 7) is 0.353. The molecule has 0 fully saturated rings. The van der Waals surface area contributed by atoms with Crippen molar-refractivity contribution in [1.82, 2.24) is 5.32 Å². The molecule has 4 N–H and O–H groups in total. The summed E-state index contributed by atoms with van der Waals surface area (Å²) >= 11 is 0. The SMILES string of the molecule is COc1cc(/C=C(\C(=O)NCCc2ccc(O)cc2)c2cc(OC)c(O)c(OC)c2)ccc1O. The maximum atomic E-state index is 13.3. The van der Waals surface area contributed by atoms with Crippen LogP contribution in [0.15, 0.2) is 54.6 Å². The number of hydrogen-bond donors (Lipinski definition) is 4. The first-order valence-electron chi connectivity index (χ1n) is 10.5. The zero-order chi connectivity index (χ0) is 24.7. The van der Waals surface area contributed by atoms with Gasteiger partial charge in [0, 0.05) is 12.1 Å². The largest absolute Gasteiger partial charge is 0.508 e. The van der Waals surface area contributed by atoms with Gasteiger partial charge in [-0.1, -0.05) is 18.2 Å². The third kappa shape index (κ3) is 5.72. The zero-order valence-corrected chi connectivity index (χ0v) is 19.2. The van der Waals surface area contributed by atoms with Gasteiger partial charge in [0.2, 0.25) is 5.75 Å². The smallest absolute Gasteiger partial charge is 0.251 e. The lowest BCUT2D eigenvalue weighted by Gasteiger charge is -2.14. The second-order valence-corrected chi connectivity index (χ2v) is 7.39. The number of hydrogen-bond acceptors (Lipinski definition) is 7. The molecule has 34 heavy (non-hydrogen) atoms. The van der Waals surface area contributed by atoms with Crippen LogP contribution in [0.2, 0.25) is 0 Å². The van der Waals surface area contributed by atoms with Crippen LogP contribution in [0.4, 0.5) is 0 Å². The number of ether oxygens (including phenoxy) is 3. The molecule has 0 spiro atoms. The molecular weight excluding hydrogens is 438 g/mol. The lowest BCUT2D eigenvalue weighted by atomic mass is 10.00. The number of benzene rings is 3. The van der Waals surface area contributed by atoms with E-state index in [-0.39, 0.29) is 46.0 Å². The van der Waals surface area contributed by atoms with E-state index < -0.39 is 0 Å². The van der Waals surface area contributed by atoms with Gasteiger partial charge < -0.3 is 34.8 Å². The molecule has 0 aliphatic carbocycles. The summed E-state index contributed by atoms with van der Waals surface area (Å²) in [6.07, 6.45) is 2.21. The second kappa shape index (κ2) is 11.0. The number of rotatable bonds is 9. The number of methoxy groups -OCH3 is 3. The zero-order valence-electron chi connectivity index (χ0n) is 19.2. The molecule has 0 radical (unpaired) electrons. The molecule has 0 heterocycles. The van der Waals surface area contributed by atoms with E-state index in [4.69, 9.17) is 14.2 Å². The summed E-state index contributed by atoms with van der Waals surface area (Å²) in [6, 6.07) is 14.6. The molecule has 0 aliphatic heterocycles. The highest BCUT2D eigenvalue weighted by atomic mass is 16.5. The average Bonchev–Trinajstić information content (AvgIpc) is 2.84. The van der Waals surface area contributed by atoms with E-state index in [2.05, 4.69) is 5.32 Å². The van der Waals surface area contributed by atoms with Crippen LogP contribution in [0.1, 0.15) is 16.7 Å². The monoisotopic (exact) mass is 465 g/mol. The fraction of sp³-hybridized carbons (Fsp3) is 0.192. The van der Waals surface area contributed by atoms with Crippen LogP contribution in [-0.4, -0.2) is 49.1 Å². The molecule has 0 atom stereocenters. The van der Waals surface area contributed by atoms with Gasteiger partial charge >= 0.3 is 0 Å². The van der Waals surface area contributed by atoms with Crippen LogP contribution in [0.25, 0.3) is 11.6 Å². The fourth-order valence-electron chi connectivity index (χ4n) is 3.36. The van der Waals surface area contributed by atoms with E-state index in [1.165, 1.54) is 27.4 Å². The molecule has 8 nitrogen and oxygen atoms in total. The van der Waals surface area contributed by atoms with E-state index in [0.29, 0.717) is 24.1 Å². The Bertz CT molecular complexity index is 1160. The maximum Gasteiger partial charge on any atom is 0.251 e. The molecule has 0 saturated carbocycles. The Morgan fingerprint density at radius 1 is 0.853 bits per heavy atom. The number of phenols is 3. The number of amides is 1. The van der Waals surface area contributed by atoms with E-state index in [1.807, 2.05) is 0 Å². The molecule has 3 aromatic carbocycles. The van der Waals surface area contributed by atoms with Crippen molar-refractivity contribution in [3.63, 3.8) is 0 Å². The molecule has 0 bridgehead atoms. The van der Waals surface area contributed by atoms with Crippen LogP contribution in [0.5, 0.6) is 34.5 Å². The van der Waals surface area contributed by atoms with Gasteiger partial charge in [0.25, 0.3) is 5.91 Å². The minimum absolute atomic E-state index is 0.0208. The molecule has 0 aliphatic rings. The Kier molecular flexibility index (Phi) is 7.87. The third-order valence-corrected chi connectivity index (χ3v) is 5.19. The maximum absolute atomic E-state index is 13.3. The fourth-order valence-corrected chi connectivity index (χ4v) is 3.36. The molecule has 8 heteroatoms. The first-order valence-corrected chi connectivity index (χ1v) is 10.5. The molecule has 1 amide bonds. The van der Waals surface area contributed by atoms with Crippen molar-refractivity contribution in [3.05, 3.63) is 71.3 Å². The number of nitrogens with one attached hydrogen (secondary N) is 1. The standard InChI is InChI=1S/C26H27NO7/c1-32-22-13-17(6-9-21(22)29)12-20(18-14-23(33-2)25(30)24(15-18)34-3)26(31)27-11-10-16-4-7-19(28)8-5-16/h4-9,12-15,28-30H,10-11H2,1-3H3,(H,27,31)/b20-12-. The van der Waals surface area contributed by atoms with Crippen LogP contribution >= 0.6 is 0 Å². The molecule has 3 rings (SSSR count). The molecule has 0 saturated heterocycles. The Morgan fingerprint density at radius 2 is 1.47 bits per heavy atom. The summed E-state index contributed by atoms with van der Waals surface area (Å²) in [5.41, 5.74) is 2.32. The Balaban J connectivity index is 1.96. The van der Waals surface area contributed by atoms with E-state index >= 15 is 0 Å². The van der Waals surface area contributed by atoms with E-state index in [9.17, 15) is 20.1 Å². The van der Waals surface area contributed by atoms with Gasteiger partial charge in [-0.3, -0.25) is 4.79 Å². The van der Waals surface area contributed by atoms with Crippen molar-refractivity contribution >= 4 is 17.6 Å². The Labute approximate surface area is 197 Å². The van der Waals surface area contributed by atoms with E-state index in [0.717, 1.165) is 5.56 Å². The van der Waals surface area contributed by atoms with Gasteiger partial charge in [-0.2, -0.15) is 0 Å². The topological polar surface area (TPSA) is 117 Å². The molecule has 0 unspecified atom stereocenters. The summed E-state index contributed by atoms with van der Waals surface area (Å²) < 4.78 is 15.7. The van der Waals surface area contributed by atoms with Gasteiger partial charge in [0.15, 0.2) is 23.0 Å². The van der Waals surface area contributed by atoms with Crippen LogP contribution < -0.4 is 19.5 Å². The first kappa shape index (κ1) is 24.3. The summed E-state index contributed by atoms with van der Waals surface area (Å²) in [5.74, 6) is 0.195. The first-order chi connectivity index (χ1) is 16.4. The molecular formula is C26H27NO7. The minimum Gasteiger partial charge on any atom is -0.508 e. The lowest BCUT2D eigenvalue weighted by molar-refractivity contribution is -0.115. The minimum atomic E-state index is -0.361. The number of carbonyl (C=O) groups is 1. The third-order valence-electron chi connectivity index (χ3n) is 5.19. The molecule has 178 valence electrons. The second-order valence-electron chi connectivity index (χ2n) is 7.39. The van der Waals surface area contributed by atoms with Gasteiger partial charge in [-0.25, -0.2) is 0 Å². The normalized spacial score (nSPS) is 11.1. The predicted molar refractivity (Wildman–Crippen MR) is 129 cm³/mol. The van der Waals surface area contributed by atoms with Crippen molar-refractivity contribution in [2.45, 2.75) is 6.42 Å². The Morgan fingerprint density at radius 3 is 2.06 bits per heavy atom. The lowest BCUT2D eigenvalue weighted by Crippen LogP contribution is -2.26. The highest BCUT2D eigenvalue weighted by Crippen LogP contribution is 2.39. The number of carbonyl (C=O) groups excluding carboxylic acids is 1. The van der Waals surface area contributed by atoms with Crippen LogP contribution in [0, 0.1) is 0 Å². The van der Waals surface area contributed by atoms with Crippen LogP contribution in [-0.2, 0) is 11.2 Å². The highest BCUT2D eigenvalue weighted by molar-refractivity contribution is 6.24. The van der Waals surface area contributed by atoms with Crippen molar-refractivity contribution in [1.29, 1.82) is 0 Å². The summed E-state index contributed by atoms with van der Waals surface area (Å²) in [5, 5.41) is 32.5. The van der Waals surface area contributed by atoms with Crippen molar-refractivity contribution in [3.8, 4) is 34.5 Å². The van der Waals surface area contributed by atoms with Crippen LogP contribution in [0.3, 0.4) is 0 Å². The number of phenolic OH excluding ortho intramolecular Hbond substituents is 3. The van der Waals surface area contributed by atoms with Gasteiger partial charge in [0.1, 0.15) is 5.75 Å². The Hall–Kier alpha value is -4.33. The van der Waals surface area contributed by atoms with Crippen molar-refractivity contribution < 1.29 is 34.3 Å². The van der Waals surface area contributed by atoms with E-state index in [1.54, 1.807) is 54.6 Å². The quantitative estimate of drug-likeness (QED) is 0.281. The summed E-state index contributed by atoms with van der Waals surface area (Å²) in [4.78, 5) is 13.3. The number of aromatic hydroxyl groups is 3. The molecule has 3 aromatic rings. The predicted octanol–water partition coefficient (Wildman–Crippen LogP) is 3.73. The summed E-state index contributed by atoms with van der Waals surface area (Å²) in [7, 11) is 4.25. The van der Waals surface area contributed by atoms with Crippen molar-refractivity contribution in [2.75, 3.05) is 27.9 Å². The highest BCUT2D eigenvalue weighted by Gasteiger charge is 2.18. The van der Waals surface area contributed by atoms with Gasteiger partial charge in [-0.15, -0.1) is 0 Å². The van der Waals surface area contributed by atoms with Crippen molar-refractivity contribution in [2.24, 2.45) is 0 Å².